The maximum atomic E-state index is 12.3. The van der Waals surface area contributed by atoms with Crippen LogP contribution >= 0.6 is 0 Å². The number of hydrogen-bond donors (Lipinski definition) is 0. The molecule has 2 bridgehead atoms. The van der Waals surface area contributed by atoms with Crippen LogP contribution in [0.3, 0.4) is 0 Å². The van der Waals surface area contributed by atoms with Gasteiger partial charge in [-0.1, -0.05) is 0 Å². The summed E-state index contributed by atoms with van der Waals surface area (Å²) in [6.45, 7) is 0. The predicted molar refractivity (Wildman–Crippen MR) is 88.1 cm³/mol. The van der Waals surface area contributed by atoms with Crippen LogP contribution in [-0.4, -0.2) is 20.9 Å². The molecule has 1 aromatic carbocycles. The van der Waals surface area contributed by atoms with Crippen molar-refractivity contribution in [1.29, 1.82) is 0 Å². The second-order valence-electron chi connectivity index (χ2n) is 6.48. The summed E-state index contributed by atoms with van der Waals surface area (Å²) in [5.41, 5.74) is 4.39. The monoisotopic (exact) mass is 317 g/mol. The molecule has 1 saturated carbocycles. The fraction of sp³-hybridized carbons (Fsp3) is 0.263. The van der Waals surface area contributed by atoms with Crippen LogP contribution in [0.2, 0.25) is 0 Å². The van der Waals surface area contributed by atoms with E-state index >= 15 is 0 Å². The predicted octanol–water partition coefficient (Wildman–Crippen LogP) is 3.61. The van der Waals surface area contributed by atoms with Crippen molar-refractivity contribution in [2.45, 2.75) is 31.1 Å². The van der Waals surface area contributed by atoms with Gasteiger partial charge >= 0.3 is 5.97 Å². The van der Waals surface area contributed by atoms with E-state index in [1.807, 2.05) is 6.07 Å². The van der Waals surface area contributed by atoms with Gasteiger partial charge in [0.15, 0.2) is 0 Å². The van der Waals surface area contributed by atoms with E-state index in [1.165, 1.54) is 31.2 Å². The number of hydrogen-bond acceptors (Lipinski definition) is 5. The van der Waals surface area contributed by atoms with Gasteiger partial charge in [0.05, 0.1) is 34.2 Å². The third-order valence-electron chi connectivity index (χ3n) is 5.01. The molecule has 1 fully saturated rings. The van der Waals surface area contributed by atoms with Crippen molar-refractivity contribution in [3.8, 4) is 5.75 Å². The van der Waals surface area contributed by atoms with Crippen LogP contribution in [0.15, 0.2) is 42.7 Å². The highest BCUT2D eigenvalue weighted by atomic mass is 16.5. The summed E-state index contributed by atoms with van der Waals surface area (Å²) in [7, 11) is 0. The van der Waals surface area contributed by atoms with Gasteiger partial charge in [0.2, 0.25) is 0 Å². The van der Waals surface area contributed by atoms with Crippen LogP contribution in [0.25, 0.3) is 11.0 Å². The first-order valence-electron chi connectivity index (χ1n) is 8.22. The quantitative estimate of drug-likeness (QED) is 0.676. The molecule has 2 unspecified atom stereocenters. The van der Waals surface area contributed by atoms with E-state index in [4.69, 9.17) is 14.7 Å². The van der Waals surface area contributed by atoms with Crippen molar-refractivity contribution < 1.29 is 9.53 Å². The zero-order valence-corrected chi connectivity index (χ0v) is 13.0. The van der Waals surface area contributed by atoms with Gasteiger partial charge in [-0.05, 0) is 49.6 Å². The Kier molecular flexibility index (Phi) is 2.89. The summed E-state index contributed by atoms with van der Waals surface area (Å²) in [5.74, 6) is 1.15. The molecule has 2 aliphatic carbocycles. The second-order valence-corrected chi connectivity index (χ2v) is 6.48. The molecule has 5 heteroatoms. The van der Waals surface area contributed by atoms with Gasteiger partial charge in [0.1, 0.15) is 5.75 Å². The fourth-order valence-electron chi connectivity index (χ4n) is 3.86. The lowest BCUT2D eigenvalue weighted by Gasteiger charge is -2.14. The molecular formula is C19H15N3O2. The van der Waals surface area contributed by atoms with Crippen molar-refractivity contribution >= 4 is 17.0 Å². The SMILES string of the molecule is O=C(Oc1cccnc1)c1ccc2nc3c(nc2c1)C1CCC3C1. The van der Waals surface area contributed by atoms with Crippen LogP contribution in [-0.2, 0) is 0 Å². The summed E-state index contributed by atoms with van der Waals surface area (Å²) in [4.78, 5) is 25.9. The molecule has 0 saturated heterocycles. The number of esters is 1. The molecule has 2 atom stereocenters. The number of carbonyl (C=O) groups is 1. The van der Waals surface area contributed by atoms with Crippen LogP contribution in [0.1, 0.15) is 52.8 Å². The zero-order valence-electron chi connectivity index (χ0n) is 13.0. The van der Waals surface area contributed by atoms with E-state index < -0.39 is 5.97 Å². The van der Waals surface area contributed by atoms with E-state index in [0.717, 1.165) is 16.7 Å². The van der Waals surface area contributed by atoms with Crippen molar-refractivity contribution in [3.63, 3.8) is 0 Å². The number of fused-ring (bicyclic) bond motifs is 6. The van der Waals surface area contributed by atoms with Gasteiger partial charge in [-0.15, -0.1) is 0 Å². The lowest BCUT2D eigenvalue weighted by Crippen LogP contribution is -2.09. The number of carbonyl (C=O) groups excluding carboxylic acids is 1. The molecule has 24 heavy (non-hydrogen) atoms. The minimum Gasteiger partial charge on any atom is -0.421 e. The zero-order chi connectivity index (χ0) is 16.1. The highest BCUT2D eigenvalue weighted by molar-refractivity contribution is 5.94. The molecule has 2 heterocycles. The second kappa shape index (κ2) is 5.09. The average molecular weight is 317 g/mol. The van der Waals surface area contributed by atoms with Gasteiger partial charge < -0.3 is 4.74 Å². The minimum atomic E-state index is -0.409. The Labute approximate surface area is 138 Å². The third kappa shape index (κ3) is 2.08. The maximum absolute atomic E-state index is 12.3. The lowest BCUT2D eigenvalue weighted by molar-refractivity contribution is 0.0734. The molecule has 0 radical (unpaired) electrons. The fourth-order valence-corrected chi connectivity index (χ4v) is 3.86. The topological polar surface area (TPSA) is 65.0 Å². The van der Waals surface area contributed by atoms with E-state index in [1.54, 1.807) is 30.5 Å². The number of aromatic nitrogens is 3. The number of ether oxygens (including phenoxy) is 1. The Bertz CT molecular complexity index is 955. The molecule has 0 spiro atoms. The number of pyridine rings is 1. The Balaban J connectivity index is 1.51. The first-order chi connectivity index (χ1) is 11.8. The normalized spacial score (nSPS) is 21.0. The van der Waals surface area contributed by atoms with Gasteiger partial charge in [-0.25, -0.2) is 14.8 Å². The summed E-state index contributed by atoms with van der Waals surface area (Å²) < 4.78 is 5.34. The Morgan fingerprint density at radius 3 is 2.58 bits per heavy atom. The molecule has 0 aliphatic heterocycles. The molecule has 0 N–H and O–H groups in total. The molecule has 0 amide bonds. The van der Waals surface area contributed by atoms with E-state index in [2.05, 4.69) is 4.98 Å². The van der Waals surface area contributed by atoms with Gasteiger partial charge in [-0.2, -0.15) is 0 Å². The molecule has 3 aromatic rings. The van der Waals surface area contributed by atoms with E-state index in [9.17, 15) is 4.79 Å². The van der Waals surface area contributed by atoms with Gasteiger partial charge in [-0.3, -0.25) is 4.98 Å². The molecule has 2 aromatic heterocycles. The van der Waals surface area contributed by atoms with E-state index in [-0.39, 0.29) is 0 Å². The van der Waals surface area contributed by atoms with Crippen molar-refractivity contribution in [2.75, 3.05) is 0 Å². The average Bonchev–Trinajstić information content (AvgIpc) is 3.22. The first-order valence-corrected chi connectivity index (χ1v) is 8.22. The van der Waals surface area contributed by atoms with Crippen molar-refractivity contribution in [2.24, 2.45) is 0 Å². The van der Waals surface area contributed by atoms with Crippen molar-refractivity contribution in [1.82, 2.24) is 15.0 Å². The largest absolute Gasteiger partial charge is 0.421 e. The smallest absolute Gasteiger partial charge is 0.343 e. The van der Waals surface area contributed by atoms with E-state index in [0.29, 0.717) is 23.1 Å². The molecule has 118 valence electrons. The molecule has 5 rings (SSSR count). The van der Waals surface area contributed by atoms with Crippen LogP contribution in [0.5, 0.6) is 5.75 Å². The molecule has 5 nitrogen and oxygen atoms in total. The summed E-state index contributed by atoms with van der Waals surface area (Å²) in [6.07, 6.45) is 6.77. The van der Waals surface area contributed by atoms with Gasteiger partial charge in [0.25, 0.3) is 0 Å². The van der Waals surface area contributed by atoms with Gasteiger partial charge in [0, 0.05) is 18.0 Å². The summed E-state index contributed by atoms with van der Waals surface area (Å²) >= 11 is 0. The van der Waals surface area contributed by atoms with Crippen LogP contribution in [0, 0.1) is 0 Å². The van der Waals surface area contributed by atoms with Crippen LogP contribution < -0.4 is 4.74 Å². The highest BCUT2D eigenvalue weighted by Gasteiger charge is 2.39. The summed E-state index contributed by atoms with van der Waals surface area (Å²) in [5, 5.41) is 0. The standard InChI is InChI=1S/C19H15N3O2/c23-19(24-14-2-1-7-20-10-14)13-5-6-15-16(9-13)22-18-12-4-3-11(8-12)17(18)21-15/h1-2,5-7,9-12H,3-4,8H2. The maximum Gasteiger partial charge on any atom is 0.343 e. The molecular weight excluding hydrogens is 302 g/mol. The number of nitrogens with zero attached hydrogens (tertiary/aromatic N) is 3. The molecule has 2 aliphatic rings. The Morgan fingerprint density at radius 2 is 1.83 bits per heavy atom. The first kappa shape index (κ1) is 13.6. The minimum absolute atomic E-state index is 0.409. The van der Waals surface area contributed by atoms with Crippen molar-refractivity contribution in [3.05, 3.63) is 59.7 Å². The number of benzene rings is 1. The Morgan fingerprint density at radius 1 is 1.04 bits per heavy atom. The highest BCUT2D eigenvalue weighted by Crippen LogP contribution is 2.51. The number of rotatable bonds is 2. The van der Waals surface area contributed by atoms with Crippen LogP contribution in [0.4, 0.5) is 0 Å². The Hall–Kier alpha value is -2.82. The lowest BCUT2D eigenvalue weighted by atomic mass is 10.00. The summed E-state index contributed by atoms with van der Waals surface area (Å²) in [6, 6.07) is 8.80. The third-order valence-corrected chi connectivity index (χ3v) is 5.01.